The molecule has 0 aliphatic carbocycles. The molecule has 3 rings (SSSR count). The van der Waals surface area contributed by atoms with E-state index in [4.69, 9.17) is 20.9 Å². The van der Waals surface area contributed by atoms with Crippen molar-refractivity contribution in [1.29, 1.82) is 0 Å². The Labute approximate surface area is 180 Å². The number of hydrogen-bond donors (Lipinski definition) is 2. The van der Waals surface area contributed by atoms with E-state index in [2.05, 4.69) is 20.1 Å². The smallest absolute Gasteiger partial charge is 0.163 e. The lowest BCUT2D eigenvalue weighted by Crippen LogP contribution is -2.42. The molecule has 162 valence electrons. The number of benzene rings is 2. The molecule has 1 aliphatic rings. The Bertz CT molecular complexity index is 900. The molecule has 0 saturated carbocycles. The van der Waals surface area contributed by atoms with Crippen LogP contribution in [-0.4, -0.2) is 30.1 Å². The van der Waals surface area contributed by atoms with E-state index in [0.717, 1.165) is 11.1 Å². The molecule has 0 bridgehead atoms. The lowest BCUT2D eigenvalue weighted by Gasteiger charge is -2.27. The first-order valence-corrected chi connectivity index (χ1v) is 9.94. The Morgan fingerprint density at radius 2 is 1.16 bits per heavy atom. The van der Waals surface area contributed by atoms with Crippen LogP contribution in [0.2, 0.25) is 0 Å². The van der Waals surface area contributed by atoms with Crippen molar-refractivity contribution >= 4 is 11.4 Å². The van der Waals surface area contributed by atoms with E-state index in [9.17, 15) is 11.1 Å². The Morgan fingerprint density at radius 1 is 0.806 bits per heavy atom. The van der Waals surface area contributed by atoms with Crippen LogP contribution in [0, 0.1) is 0 Å². The van der Waals surface area contributed by atoms with Gasteiger partial charge in [-0.2, -0.15) is 0 Å². The van der Waals surface area contributed by atoms with Gasteiger partial charge in [-0.25, -0.2) is 0 Å². The van der Waals surface area contributed by atoms with Crippen molar-refractivity contribution in [3.8, 4) is 0 Å². The maximum Gasteiger partial charge on any atom is 0.163 e. The van der Waals surface area contributed by atoms with Crippen molar-refractivity contribution < 1.29 is 9.47 Å². The number of anilines is 2. The zero-order valence-electron chi connectivity index (χ0n) is 17.5. The fourth-order valence-corrected chi connectivity index (χ4v) is 3.78. The van der Waals surface area contributed by atoms with Gasteiger partial charge in [0, 0.05) is 21.2 Å². The highest BCUT2D eigenvalue weighted by Gasteiger charge is 2.48. The average Bonchev–Trinajstić information content (AvgIpc) is 3.06. The van der Waals surface area contributed by atoms with Gasteiger partial charge in [-0.05, 0) is 73.1 Å². The van der Waals surface area contributed by atoms with Gasteiger partial charge in [-0.3, -0.25) is 0 Å². The van der Waals surface area contributed by atoms with E-state index in [-0.39, 0.29) is 0 Å². The molecule has 0 unspecified atom stereocenters. The quantitative estimate of drug-likeness (QED) is 0.276. The zero-order valence-corrected chi connectivity index (χ0v) is 17.5. The van der Waals surface area contributed by atoms with Crippen LogP contribution in [0.25, 0.3) is 20.9 Å². The average molecular weight is 422 g/mol. The van der Waals surface area contributed by atoms with E-state index < -0.39 is 30.1 Å². The van der Waals surface area contributed by atoms with Crippen molar-refractivity contribution in [3.05, 3.63) is 80.5 Å². The summed E-state index contributed by atoms with van der Waals surface area (Å²) in [7, 11) is 0. The number of nitrogens with two attached hydrogens (primary N) is 2. The first kappa shape index (κ1) is 22.3. The number of rotatable bonds is 8. The highest BCUT2D eigenvalue weighted by atomic mass is 16.8. The fourth-order valence-electron chi connectivity index (χ4n) is 3.78. The highest BCUT2D eigenvalue weighted by Crippen LogP contribution is 2.35. The van der Waals surface area contributed by atoms with Gasteiger partial charge in [0.25, 0.3) is 0 Å². The predicted molar refractivity (Wildman–Crippen MR) is 119 cm³/mol. The first-order valence-electron chi connectivity index (χ1n) is 9.94. The van der Waals surface area contributed by atoms with Gasteiger partial charge >= 0.3 is 0 Å². The van der Waals surface area contributed by atoms with E-state index in [0.29, 0.717) is 24.2 Å². The molecule has 1 heterocycles. The zero-order chi connectivity index (χ0) is 22.4. The molecule has 10 nitrogen and oxygen atoms in total. The molecule has 4 atom stereocenters. The third kappa shape index (κ3) is 5.81. The molecule has 0 radical (unpaired) electrons. The van der Waals surface area contributed by atoms with Gasteiger partial charge < -0.3 is 20.9 Å². The second-order valence-electron chi connectivity index (χ2n) is 8.00. The molecular weight excluding hydrogens is 396 g/mol. The molecule has 1 fully saturated rings. The summed E-state index contributed by atoms with van der Waals surface area (Å²) in [6, 6.07) is 13.6. The van der Waals surface area contributed by atoms with Crippen LogP contribution < -0.4 is 11.5 Å². The molecule has 1 saturated heterocycles. The van der Waals surface area contributed by atoms with Gasteiger partial charge in [-0.1, -0.05) is 34.5 Å². The summed E-state index contributed by atoms with van der Waals surface area (Å²) in [5.74, 6) is -0.927. The van der Waals surface area contributed by atoms with Crippen LogP contribution >= 0.6 is 0 Å². The van der Waals surface area contributed by atoms with Gasteiger partial charge in [0.2, 0.25) is 0 Å². The van der Waals surface area contributed by atoms with Crippen LogP contribution in [-0.2, 0) is 22.3 Å². The topological polar surface area (TPSA) is 168 Å². The number of azide groups is 2. The minimum atomic E-state index is -0.927. The third-order valence-corrected chi connectivity index (χ3v) is 5.17. The minimum absolute atomic E-state index is 0.426. The van der Waals surface area contributed by atoms with Gasteiger partial charge in [0.05, 0.1) is 24.3 Å². The lowest BCUT2D eigenvalue weighted by molar-refractivity contribution is -0.149. The second-order valence-corrected chi connectivity index (χ2v) is 8.00. The van der Waals surface area contributed by atoms with Crippen molar-refractivity contribution in [2.75, 3.05) is 11.5 Å². The number of nitrogen functional groups attached to an aromatic ring is 2. The van der Waals surface area contributed by atoms with E-state index >= 15 is 0 Å². The Kier molecular flexibility index (Phi) is 6.89. The molecule has 31 heavy (non-hydrogen) atoms. The fraction of sp³-hybridized carbons (Fsp3) is 0.429. The summed E-state index contributed by atoms with van der Waals surface area (Å²) in [6.45, 7) is 3.57. The van der Waals surface area contributed by atoms with Crippen LogP contribution in [0.5, 0.6) is 0 Å². The van der Waals surface area contributed by atoms with Crippen LogP contribution in [0.3, 0.4) is 0 Å². The highest BCUT2D eigenvalue weighted by molar-refractivity contribution is 5.40. The molecule has 2 aromatic rings. The SMILES string of the molecule is CC1(C)O[C@@H]([C@@H](Cc2ccc(N)cc2)N=[N+]=[N-])[C@H]([C@@H](Cc2ccc(N)cc2)N=[N+]=[N-])O1. The van der Waals surface area contributed by atoms with Crippen LogP contribution in [0.15, 0.2) is 58.8 Å². The van der Waals surface area contributed by atoms with E-state index in [1.54, 1.807) is 38.1 Å². The van der Waals surface area contributed by atoms with Crippen molar-refractivity contribution in [2.45, 2.75) is 56.8 Å². The van der Waals surface area contributed by atoms with Gasteiger partial charge in [0.15, 0.2) is 5.79 Å². The molecular formula is C21H26N8O2. The van der Waals surface area contributed by atoms with E-state index in [1.807, 2.05) is 24.3 Å². The molecule has 10 heteroatoms. The monoisotopic (exact) mass is 422 g/mol. The minimum Gasteiger partial charge on any atom is -0.399 e. The number of nitrogens with zero attached hydrogens (tertiary/aromatic N) is 6. The molecule has 0 amide bonds. The summed E-state index contributed by atoms with van der Waals surface area (Å²) in [5, 5.41) is 7.99. The molecule has 0 spiro atoms. The number of hydrogen-bond acceptors (Lipinski definition) is 6. The first-order chi connectivity index (χ1) is 14.8. The van der Waals surface area contributed by atoms with Crippen molar-refractivity contribution in [2.24, 2.45) is 10.2 Å². The maximum absolute atomic E-state index is 9.19. The summed E-state index contributed by atoms with van der Waals surface area (Å²) in [4.78, 5) is 6.05. The normalized spacial score (nSPS) is 21.5. The molecule has 2 aromatic carbocycles. The standard InChI is InChI=1S/C21H26N8O2/c1-21(2)30-19(17(26-28-24)11-13-3-7-15(22)8-4-13)20(31-21)18(27-29-25)12-14-5-9-16(23)10-6-14/h3-10,17-20H,11-12,22-23H2,1-2H3/t17-,18-,19+,20+/m1/s1. The second kappa shape index (κ2) is 9.59. The Morgan fingerprint density at radius 3 is 1.48 bits per heavy atom. The number of ether oxygens (including phenoxy) is 2. The lowest BCUT2D eigenvalue weighted by atomic mass is 9.92. The molecule has 0 aromatic heterocycles. The van der Waals surface area contributed by atoms with Crippen LogP contribution in [0.4, 0.5) is 11.4 Å². The molecule has 4 N–H and O–H groups in total. The van der Waals surface area contributed by atoms with Crippen LogP contribution in [0.1, 0.15) is 25.0 Å². The third-order valence-electron chi connectivity index (χ3n) is 5.17. The van der Waals surface area contributed by atoms with Crippen molar-refractivity contribution in [1.82, 2.24) is 0 Å². The Balaban J connectivity index is 1.90. The maximum atomic E-state index is 9.19. The Hall–Kier alpha value is -3.42. The summed E-state index contributed by atoms with van der Waals surface area (Å²) >= 11 is 0. The molecule has 1 aliphatic heterocycles. The summed E-state index contributed by atoms with van der Waals surface area (Å²) in [6.07, 6.45) is -0.355. The van der Waals surface area contributed by atoms with Gasteiger partial charge in [0.1, 0.15) is 0 Å². The predicted octanol–water partition coefficient (Wildman–Crippen LogP) is 4.51. The van der Waals surface area contributed by atoms with E-state index in [1.165, 1.54) is 0 Å². The van der Waals surface area contributed by atoms with Gasteiger partial charge in [-0.15, -0.1) is 0 Å². The summed E-state index contributed by atoms with van der Waals surface area (Å²) in [5.41, 5.74) is 33.1. The largest absolute Gasteiger partial charge is 0.399 e. The van der Waals surface area contributed by atoms with Crippen molar-refractivity contribution in [3.63, 3.8) is 0 Å². The summed E-state index contributed by atoms with van der Waals surface area (Å²) < 4.78 is 12.3.